The van der Waals surface area contributed by atoms with Crippen molar-refractivity contribution in [3.63, 3.8) is 0 Å². The summed E-state index contributed by atoms with van der Waals surface area (Å²) < 4.78 is 5.97. The lowest BCUT2D eigenvalue weighted by Crippen LogP contribution is -2.32. The molecule has 0 aliphatic heterocycles. The van der Waals surface area contributed by atoms with Crippen LogP contribution < -0.4 is 5.73 Å². The number of nitrogens with zero attached hydrogens (tertiary/aromatic N) is 1. The Balaban J connectivity index is 2.11. The Bertz CT molecular complexity index is 314. The summed E-state index contributed by atoms with van der Waals surface area (Å²) >= 11 is 0. The Morgan fingerprint density at radius 3 is 2.45 bits per heavy atom. The predicted molar refractivity (Wildman–Crippen MR) is 83.0 cm³/mol. The second-order valence-corrected chi connectivity index (χ2v) is 7.56. The molecule has 20 heavy (non-hydrogen) atoms. The summed E-state index contributed by atoms with van der Waals surface area (Å²) in [6.45, 7) is 9.53. The highest BCUT2D eigenvalue weighted by Gasteiger charge is 2.27. The van der Waals surface area contributed by atoms with Gasteiger partial charge in [-0.25, -0.2) is 0 Å². The maximum absolute atomic E-state index is 8.72. The van der Waals surface area contributed by atoms with Gasteiger partial charge >= 0.3 is 0 Å². The third-order valence-corrected chi connectivity index (χ3v) is 4.64. The maximum atomic E-state index is 8.72. The van der Waals surface area contributed by atoms with Crippen LogP contribution in [-0.4, -0.2) is 23.8 Å². The van der Waals surface area contributed by atoms with Crippen molar-refractivity contribution in [3.8, 4) is 0 Å². The van der Waals surface area contributed by atoms with Crippen molar-refractivity contribution in [1.82, 2.24) is 0 Å². The normalized spacial score (nSPS) is 21.1. The van der Waals surface area contributed by atoms with Gasteiger partial charge in [0.25, 0.3) is 0 Å². The molecular weight excluding hydrogens is 252 g/mol. The zero-order valence-electron chi connectivity index (χ0n) is 13.6. The van der Waals surface area contributed by atoms with Crippen LogP contribution in [0.3, 0.4) is 0 Å². The lowest BCUT2D eigenvalue weighted by atomic mass is 9.76. The smallest absolute Gasteiger partial charge is 0.144 e. The molecule has 118 valence electrons. The van der Waals surface area contributed by atoms with Crippen molar-refractivity contribution in [3.05, 3.63) is 0 Å². The van der Waals surface area contributed by atoms with E-state index in [2.05, 4.69) is 19.0 Å². The minimum atomic E-state index is -0.233. The standard InChI is InChI=1S/C16H32N2O2/c1-15(2)10-7-13(8-11-15)20-12-6-5-9-16(3,4)14(17)18-19/h13,19H,5-12H2,1-4H3,(H2,17,18). The Morgan fingerprint density at radius 2 is 1.90 bits per heavy atom. The molecule has 1 fully saturated rings. The van der Waals surface area contributed by atoms with Crippen molar-refractivity contribution < 1.29 is 9.94 Å². The van der Waals surface area contributed by atoms with Crippen molar-refractivity contribution >= 4 is 5.84 Å². The number of hydrogen-bond donors (Lipinski definition) is 2. The number of unbranched alkanes of at least 4 members (excludes halogenated alkanes) is 1. The van der Waals surface area contributed by atoms with Gasteiger partial charge in [0, 0.05) is 12.0 Å². The van der Waals surface area contributed by atoms with Gasteiger partial charge < -0.3 is 15.7 Å². The number of ether oxygens (including phenoxy) is 1. The minimum absolute atomic E-state index is 0.233. The van der Waals surface area contributed by atoms with Crippen LogP contribution in [0.1, 0.15) is 72.6 Å². The summed E-state index contributed by atoms with van der Waals surface area (Å²) in [5.41, 5.74) is 5.95. The van der Waals surface area contributed by atoms with Crippen LogP contribution in [0.5, 0.6) is 0 Å². The Kier molecular flexibility index (Phi) is 6.31. The van der Waals surface area contributed by atoms with Gasteiger partial charge in [-0.15, -0.1) is 0 Å². The molecule has 0 spiro atoms. The molecule has 1 saturated carbocycles. The Morgan fingerprint density at radius 1 is 1.30 bits per heavy atom. The van der Waals surface area contributed by atoms with Gasteiger partial charge in [-0.3, -0.25) is 0 Å². The molecule has 4 nitrogen and oxygen atoms in total. The Hall–Kier alpha value is -0.770. The summed E-state index contributed by atoms with van der Waals surface area (Å²) in [5.74, 6) is 0.313. The fraction of sp³-hybridized carbons (Fsp3) is 0.938. The molecule has 0 amide bonds. The van der Waals surface area contributed by atoms with Gasteiger partial charge in [-0.05, 0) is 43.9 Å². The van der Waals surface area contributed by atoms with E-state index in [4.69, 9.17) is 15.7 Å². The number of amidine groups is 1. The van der Waals surface area contributed by atoms with Crippen LogP contribution in [-0.2, 0) is 4.74 Å². The number of rotatable bonds is 7. The molecule has 0 unspecified atom stereocenters. The first-order chi connectivity index (χ1) is 9.27. The zero-order chi connectivity index (χ0) is 15.2. The molecule has 0 radical (unpaired) electrons. The van der Waals surface area contributed by atoms with Gasteiger partial charge in [0.2, 0.25) is 0 Å². The van der Waals surface area contributed by atoms with Gasteiger partial charge in [-0.1, -0.05) is 39.3 Å². The summed E-state index contributed by atoms with van der Waals surface area (Å²) in [4.78, 5) is 0. The van der Waals surface area contributed by atoms with Crippen molar-refractivity contribution in [2.45, 2.75) is 78.7 Å². The van der Waals surface area contributed by atoms with Gasteiger partial charge in [0.1, 0.15) is 5.84 Å². The van der Waals surface area contributed by atoms with E-state index in [1.807, 2.05) is 13.8 Å². The number of hydrogen-bond acceptors (Lipinski definition) is 3. The first kappa shape index (κ1) is 17.3. The third kappa shape index (κ3) is 5.70. The van der Waals surface area contributed by atoms with Crippen LogP contribution in [0, 0.1) is 10.8 Å². The van der Waals surface area contributed by atoms with E-state index in [0.29, 0.717) is 17.4 Å². The lowest BCUT2D eigenvalue weighted by Gasteiger charge is -2.34. The third-order valence-electron chi connectivity index (χ3n) is 4.64. The first-order valence-corrected chi connectivity index (χ1v) is 7.86. The molecule has 0 atom stereocenters. The molecule has 0 aromatic rings. The fourth-order valence-corrected chi connectivity index (χ4v) is 2.72. The number of oxime groups is 1. The van der Waals surface area contributed by atoms with Crippen LogP contribution in [0.4, 0.5) is 0 Å². The Labute approximate surface area is 123 Å². The minimum Gasteiger partial charge on any atom is -0.409 e. The molecule has 1 rings (SSSR count). The summed E-state index contributed by atoms with van der Waals surface area (Å²) in [6, 6.07) is 0. The lowest BCUT2D eigenvalue weighted by molar-refractivity contribution is 0.00239. The molecule has 1 aliphatic rings. The second-order valence-electron chi connectivity index (χ2n) is 7.56. The van der Waals surface area contributed by atoms with Crippen molar-refractivity contribution in [2.24, 2.45) is 21.7 Å². The van der Waals surface area contributed by atoms with E-state index >= 15 is 0 Å². The number of nitrogens with two attached hydrogens (primary N) is 1. The van der Waals surface area contributed by atoms with Crippen LogP contribution in [0.25, 0.3) is 0 Å². The van der Waals surface area contributed by atoms with E-state index in [1.54, 1.807) is 0 Å². The van der Waals surface area contributed by atoms with Gasteiger partial charge in [0.15, 0.2) is 0 Å². The highest BCUT2D eigenvalue weighted by Crippen LogP contribution is 2.36. The molecule has 0 bridgehead atoms. The fourth-order valence-electron chi connectivity index (χ4n) is 2.72. The van der Waals surface area contributed by atoms with E-state index in [0.717, 1.165) is 25.9 Å². The monoisotopic (exact) mass is 284 g/mol. The average Bonchev–Trinajstić information content (AvgIpc) is 2.39. The average molecular weight is 284 g/mol. The molecule has 0 aromatic carbocycles. The quantitative estimate of drug-likeness (QED) is 0.245. The molecule has 4 heteroatoms. The molecule has 0 heterocycles. The summed E-state index contributed by atoms with van der Waals surface area (Å²) in [6.07, 6.45) is 8.40. The molecule has 1 aliphatic carbocycles. The summed E-state index contributed by atoms with van der Waals surface area (Å²) in [7, 11) is 0. The van der Waals surface area contributed by atoms with Crippen molar-refractivity contribution in [1.29, 1.82) is 0 Å². The molecule has 0 saturated heterocycles. The molecular formula is C16H32N2O2. The first-order valence-electron chi connectivity index (χ1n) is 7.86. The van der Waals surface area contributed by atoms with E-state index in [1.165, 1.54) is 25.7 Å². The summed E-state index contributed by atoms with van der Waals surface area (Å²) in [5, 5.41) is 11.8. The zero-order valence-corrected chi connectivity index (χ0v) is 13.6. The van der Waals surface area contributed by atoms with Gasteiger partial charge in [0.05, 0.1) is 6.10 Å². The van der Waals surface area contributed by atoms with E-state index < -0.39 is 0 Å². The van der Waals surface area contributed by atoms with Crippen molar-refractivity contribution in [2.75, 3.05) is 6.61 Å². The van der Waals surface area contributed by atoms with E-state index in [-0.39, 0.29) is 5.41 Å². The van der Waals surface area contributed by atoms with E-state index in [9.17, 15) is 0 Å². The van der Waals surface area contributed by atoms with Crippen LogP contribution >= 0.6 is 0 Å². The highest BCUT2D eigenvalue weighted by molar-refractivity contribution is 5.85. The SMILES string of the molecule is CC1(C)CCC(OCCCCC(C)(C)C(N)=NO)CC1. The van der Waals surface area contributed by atoms with Crippen LogP contribution in [0.2, 0.25) is 0 Å². The second kappa shape index (κ2) is 7.30. The molecule has 0 aromatic heterocycles. The van der Waals surface area contributed by atoms with Gasteiger partial charge in [-0.2, -0.15) is 0 Å². The largest absolute Gasteiger partial charge is 0.409 e. The predicted octanol–water partition coefficient (Wildman–Crippen LogP) is 3.91. The maximum Gasteiger partial charge on any atom is 0.144 e. The topological polar surface area (TPSA) is 67.8 Å². The molecule has 3 N–H and O–H groups in total. The van der Waals surface area contributed by atoms with Crippen LogP contribution in [0.15, 0.2) is 5.16 Å². The highest BCUT2D eigenvalue weighted by atomic mass is 16.5.